The standard InChI is InChI=1S/C27H41N3O9S/c1-3-4-5-6-19(14-18(31)9-7-17-8-11-22(32)23(13-17)39-2)40-16-21(27(38)29-15-25(35)36)30-26(37)20(28)10-12-24(33)34/h8,11,13,19-21,32H,3-7,9-10,12,14-16,28H2,1-2H3,(H,29,38)(H,30,37)(H,33,34)(H,35,36). The highest BCUT2D eigenvalue weighted by atomic mass is 32.2. The quantitative estimate of drug-likeness (QED) is 0.115. The van der Waals surface area contributed by atoms with E-state index in [1.54, 1.807) is 12.1 Å². The number of amides is 2. The third kappa shape index (κ3) is 14.2. The number of rotatable bonds is 21. The molecule has 0 aliphatic carbocycles. The smallest absolute Gasteiger partial charge is 0.322 e. The number of carboxylic acids is 2. The second-order valence-electron chi connectivity index (χ2n) is 9.41. The van der Waals surface area contributed by atoms with Gasteiger partial charge in [-0.3, -0.25) is 24.0 Å². The monoisotopic (exact) mass is 583 g/mol. The Morgan fingerprint density at radius 3 is 2.38 bits per heavy atom. The van der Waals surface area contributed by atoms with E-state index in [4.69, 9.17) is 20.7 Å². The molecule has 13 heteroatoms. The number of unbranched alkanes of at least 4 members (excludes halogenated alkanes) is 2. The Bertz CT molecular complexity index is 1010. The molecule has 40 heavy (non-hydrogen) atoms. The summed E-state index contributed by atoms with van der Waals surface area (Å²) in [6, 6.07) is 2.64. The molecule has 0 heterocycles. The van der Waals surface area contributed by atoms with Crippen LogP contribution in [0.15, 0.2) is 18.2 Å². The molecule has 0 bridgehead atoms. The molecule has 1 aromatic carbocycles. The SMILES string of the molecule is CCCCCC(CC(=O)CCc1ccc(O)c(OC)c1)SCC(NC(=O)C(N)CCC(=O)O)C(=O)NCC(=O)O. The molecule has 224 valence electrons. The average molecular weight is 584 g/mol. The fraction of sp³-hybridized carbons (Fsp3) is 0.593. The molecule has 2 amide bonds. The van der Waals surface area contributed by atoms with Crippen molar-refractivity contribution in [3.8, 4) is 11.5 Å². The number of thioether (sulfide) groups is 1. The zero-order valence-corrected chi connectivity index (χ0v) is 23.8. The van der Waals surface area contributed by atoms with E-state index < -0.39 is 42.4 Å². The van der Waals surface area contributed by atoms with Gasteiger partial charge in [-0.1, -0.05) is 32.3 Å². The summed E-state index contributed by atoms with van der Waals surface area (Å²) in [5.74, 6) is -3.36. The first-order chi connectivity index (χ1) is 19.0. The number of Topliss-reactive ketones (excluding diaryl/α,β-unsaturated/α-hetero) is 1. The van der Waals surface area contributed by atoms with E-state index in [-0.39, 0.29) is 48.2 Å². The van der Waals surface area contributed by atoms with Crippen LogP contribution in [0, 0.1) is 0 Å². The van der Waals surface area contributed by atoms with Crippen LogP contribution in [0.5, 0.6) is 11.5 Å². The van der Waals surface area contributed by atoms with Crippen molar-refractivity contribution in [3.05, 3.63) is 23.8 Å². The third-order valence-electron chi connectivity index (χ3n) is 6.07. The topological polar surface area (TPSA) is 205 Å². The highest BCUT2D eigenvalue weighted by Crippen LogP contribution is 2.27. The van der Waals surface area contributed by atoms with Crippen molar-refractivity contribution in [1.29, 1.82) is 0 Å². The van der Waals surface area contributed by atoms with Gasteiger partial charge in [-0.15, -0.1) is 0 Å². The lowest BCUT2D eigenvalue weighted by Gasteiger charge is -2.23. The number of aromatic hydroxyl groups is 1. The first-order valence-electron chi connectivity index (χ1n) is 13.2. The normalized spacial score (nSPS) is 13.1. The van der Waals surface area contributed by atoms with Crippen molar-refractivity contribution in [2.24, 2.45) is 5.73 Å². The minimum atomic E-state index is -1.25. The van der Waals surface area contributed by atoms with E-state index >= 15 is 0 Å². The predicted molar refractivity (Wildman–Crippen MR) is 150 cm³/mol. The van der Waals surface area contributed by atoms with Crippen molar-refractivity contribution in [2.45, 2.75) is 82.0 Å². The van der Waals surface area contributed by atoms with E-state index in [1.807, 2.05) is 0 Å². The molecule has 0 aliphatic heterocycles. The maximum atomic E-state index is 12.9. The van der Waals surface area contributed by atoms with Crippen LogP contribution in [0.3, 0.4) is 0 Å². The number of phenolic OH excluding ortho intramolecular Hbond substituents is 1. The lowest BCUT2D eigenvalue weighted by molar-refractivity contribution is -0.138. The summed E-state index contributed by atoms with van der Waals surface area (Å²) in [5.41, 5.74) is 6.62. The Morgan fingerprint density at radius 1 is 1.02 bits per heavy atom. The van der Waals surface area contributed by atoms with Crippen molar-refractivity contribution in [2.75, 3.05) is 19.4 Å². The zero-order chi connectivity index (χ0) is 30.1. The summed E-state index contributed by atoms with van der Waals surface area (Å²) in [4.78, 5) is 59.8. The summed E-state index contributed by atoms with van der Waals surface area (Å²) in [5, 5.41) is 32.1. The number of methoxy groups -OCH3 is 1. The molecule has 0 radical (unpaired) electrons. The number of hydrogen-bond acceptors (Lipinski definition) is 9. The van der Waals surface area contributed by atoms with Gasteiger partial charge in [0.25, 0.3) is 0 Å². The molecule has 0 spiro atoms. The van der Waals surface area contributed by atoms with Crippen LogP contribution in [0.4, 0.5) is 0 Å². The van der Waals surface area contributed by atoms with Crippen molar-refractivity contribution < 1.29 is 44.0 Å². The first kappa shape index (κ1) is 34.7. The summed E-state index contributed by atoms with van der Waals surface area (Å²) in [6.07, 6.45) is 4.08. The van der Waals surface area contributed by atoms with Crippen LogP contribution in [-0.4, -0.2) is 81.6 Å². The minimum absolute atomic E-state index is 0.0156. The Balaban J connectivity index is 2.86. The summed E-state index contributed by atoms with van der Waals surface area (Å²) < 4.78 is 5.11. The second-order valence-corrected chi connectivity index (χ2v) is 10.7. The highest BCUT2D eigenvalue weighted by Gasteiger charge is 2.26. The lowest BCUT2D eigenvalue weighted by atomic mass is 10.0. The van der Waals surface area contributed by atoms with Crippen molar-refractivity contribution >= 4 is 41.3 Å². The molecule has 12 nitrogen and oxygen atoms in total. The number of carbonyl (C=O) groups excluding carboxylic acids is 3. The molecule has 0 saturated heterocycles. The second kappa shape index (κ2) is 18.9. The number of benzene rings is 1. The summed E-state index contributed by atoms with van der Waals surface area (Å²) in [6.45, 7) is 1.42. The van der Waals surface area contributed by atoms with Crippen LogP contribution in [0.2, 0.25) is 0 Å². The molecule has 3 unspecified atom stereocenters. The maximum Gasteiger partial charge on any atom is 0.322 e. The lowest BCUT2D eigenvalue weighted by Crippen LogP contribution is -2.53. The van der Waals surface area contributed by atoms with Gasteiger partial charge in [0.15, 0.2) is 11.5 Å². The van der Waals surface area contributed by atoms with Gasteiger partial charge in [0.05, 0.1) is 13.2 Å². The molecule has 0 aromatic heterocycles. The number of nitrogens with two attached hydrogens (primary N) is 1. The Labute approximate surface area is 238 Å². The van der Waals surface area contributed by atoms with Crippen molar-refractivity contribution in [1.82, 2.24) is 10.6 Å². The van der Waals surface area contributed by atoms with Gasteiger partial charge in [0.2, 0.25) is 11.8 Å². The summed E-state index contributed by atoms with van der Waals surface area (Å²) >= 11 is 1.34. The molecule has 0 fully saturated rings. The largest absolute Gasteiger partial charge is 0.504 e. The molecule has 0 saturated carbocycles. The van der Waals surface area contributed by atoms with Gasteiger partial charge in [-0.2, -0.15) is 11.8 Å². The van der Waals surface area contributed by atoms with Gasteiger partial charge < -0.3 is 36.4 Å². The van der Waals surface area contributed by atoms with Gasteiger partial charge in [-0.05, 0) is 37.0 Å². The number of aryl methyl sites for hydroxylation is 1. The number of carboxylic acid groups (broad SMARTS) is 2. The number of ketones is 1. The van der Waals surface area contributed by atoms with Gasteiger partial charge in [-0.25, -0.2) is 0 Å². The molecule has 3 atom stereocenters. The average Bonchev–Trinajstić information content (AvgIpc) is 2.91. The Hall–Kier alpha value is -3.32. The van der Waals surface area contributed by atoms with Crippen LogP contribution in [0.25, 0.3) is 0 Å². The molecule has 1 rings (SSSR count). The van der Waals surface area contributed by atoms with Gasteiger partial charge in [0.1, 0.15) is 18.4 Å². The molecular formula is C27H41N3O9S. The van der Waals surface area contributed by atoms with Crippen LogP contribution >= 0.6 is 11.8 Å². The van der Waals surface area contributed by atoms with Crippen LogP contribution < -0.4 is 21.1 Å². The highest BCUT2D eigenvalue weighted by molar-refractivity contribution is 8.00. The fourth-order valence-corrected chi connectivity index (χ4v) is 5.11. The van der Waals surface area contributed by atoms with E-state index in [0.29, 0.717) is 18.6 Å². The number of aliphatic carboxylic acids is 2. The number of nitrogens with one attached hydrogen (secondary N) is 2. The Morgan fingerprint density at radius 2 is 1.75 bits per heavy atom. The maximum absolute atomic E-state index is 12.9. The predicted octanol–water partition coefficient (Wildman–Crippen LogP) is 1.85. The van der Waals surface area contributed by atoms with Gasteiger partial charge in [0, 0.05) is 30.3 Å². The van der Waals surface area contributed by atoms with E-state index in [1.165, 1.54) is 24.9 Å². The van der Waals surface area contributed by atoms with E-state index in [2.05, 4.69) is 17.6 Å². The fourth-order valence-electron chi connectivity index (χ4n) is 3.77. The Kier molecular flexibility index (Phi) is 16.4. The molecular weight excluding hydrogens is 542 g/mol. The van der Waals surface area contributed by atoms with Crippen LogP contribution in [0.1, 0.15) is 63.9 Å². The summed E-state index contributed by atoms with van der Waals surface area (Å²) in [7, 11) is 1.45. The molecule has 0 aliphatic rings. The minimum Gasteiger partial charge on any atom is -0.504 e. The molecule has 7 N–H and O–H groups in total. The van der Waals surface area contributed by atoms with Crippen molar-refractivity contribution in [3.63, 3.8) is 0 Å². The number of ether oxygens (including phenoxy) is 1. The number of carbonyl (C=O) groups is 5. The molecule has 1 aromatic rings. The third-order valence-corrected chi connectivity index (χ3v) is 7.47. The first-order valence-corrected chi connectivity index (χ1v) is 14.3. The van der Waals surface area contributed by atoms with Crippen LogP contribution in [-0.2, 0) is 30.4 Å². The number of phenols is 1. The van der Waals surface area contributed by atoms with E-state index in [0.717, 1.165) is 24.8 Å². The number of hydrogen-bond donors (Lipinski definition) is 6. The van der Waals surface area contributed by atoms with E-state index in [9.17, 15) is 29.1 Å². The van der Waals surface area contributed by atoms with Gasteiger partial charge >= 0.3 is 11.9 Å². The zero-order valence-electron chi connectivity index (χ0n) is 23.0.